The molecule has 0 saturated heterocycles. The number of ether oxygens (including phenoxy) is 3. The van der Waals surface area contributed by atoms with Gasteiger partial charge in [0.25, 0.3) is 0 Å². The normalized spacial score (nSPS) is 10.1. The molecule has 0 aliphatic heterocycles. The molecule has 26 heteroatoms. The van der Waals surface area contributed by atoms with Gasteiger partial charge in [0.2, 0.25) is 41.3 Å². The van der Waals surface area contributed by atoms with E-state index in [2.05, 4.69) is 81.8 Å². The topological polar surface area (TPSA) is 325 Å². The van der Waals surface area contributed by atoms with Crippen LogP contribution >= 0.6 is 38.9 Å². The molecule has 0 aliphatic rings. The van der Waals surface area contributed by atoms with Gasteiger partial charge >= 0.3 is 11.2 Å². The van der Waals surface area contributed by atoms with Crippen molar-refractivity contribution in [3.8, 4) is 0 Å². The van der Waals surface area contributed by atoms with E-state index >= 15 is 0 Å². The Hall–Kier alpha value is -6.07. The van der Waals surface area contributed by atoms with Gasteiger partial charge < -0.3 is 53.5 Å². The first-order valence-electron chi connectivity index (χ1n) is 24.9. The van der Waals surface area contributed by atoms with Crippen LogP contribution < -0.4 is 11.1 Å². The predicted octanol–water partition coefficient (Wildman–Crippen LogP) is 9.44. The van der Waals surface area contributed by atoms with Gasteiger partial charge in [-0.15, -0.1) is 30.6 Å². The van der Waals surface area contributed by atoms with Gasteiger partial charge in [-0.25, -0.2) is 0 Å². The number of rotatable bonds is 27. The molecule has 3 aromatic heterocycles. The van der Waals surface area contributed by atoms with Gasteiger partial charge in [-0.1, -0.05) is 91.0 Å². The van der Waals surface area contributed by atoms with Crippen LogP contribution in [-0.2, 0) is 81.8 Å². The number of nitrogens with zero attached hydrogens (tertiary/aromatic N) is 6. The van der Waals surface area contributed by atoms with E-state index in [4.69, 9.17) is 43.4 Å². The third-order valence-electron chi connectivity index (χ3n) is 8.94. The fourth-order valence-electron chi connectivity index (χ4n) is 5.32. The lowest BCUT2D eigenvalue weighted by Gasteiger charge is -2.05. The molecular weight excluding hydrogens is 1110 g/mol. The summed E-state index contributed by atoms with van der Waals surface area (Å²) < 4.78 is 41.2. The van der Waals surface area contributed by atoms with Crippen LogP contribution in [0.1, 0.15) is 111 Å². The maximum absolute atomic E-state index is 11.3. The number of ketones is 2. The maximum atomic E-state index is 11.3. The summed E-state index contributed by atoms with van der Waals surface area (Å²) in [4.78, 5) is 51.7. The summed E-state index contributed by atoms with van der Waals surface area (Å²) in [5.74, 6) is 2.68. The summed E-state index contributed by atoms with van der Waals surface area (Å²) in [5, 5.41) is 38.6. The van der Waals surface area contributed by atoms with Crippen LogP contribution in [0.25, 0.3) is 0 Å². The summed E-state index contributed by atoms with van der Waals surface area (Å²) in [6.45, 7) is 12.1. The summed E-state index contributed by atoms with van der Waals surface area (Å²) in [6.07, 6.45) is 6.64. The molecule has 0 radical (unpaired) electrons. The van der Waals surface area contributed by atoms with Crippen LogP contribution in [-0.4, -0.2) is 110 Å². The average molecular weight is 1180 g/mol. The Kier molecular flexibility index (Phi) is 44.2. The quantitative estimate of drug-likeness (QED) is 0.0212. The average Bonchev–Trinajstić information content (AvgIpc) is 4.17. The number of hydrogen-bond donors (Lipinski definition) is 4. The number of benzene rings is 3. The number of nitrogens with two attached hydrogens (primary N) is 1. The van der Waals surface area contributed by atoms with Crippen molar-refractivity contribution in [3.05, 3.63) is 143 Å². The van der Waals surface area contributed by atoms with Crippen LogP contribution in [0.3, 0.4) is 0 Å². The van der Waals surface area contributed by atoms with E-state index in [0.717, 1.165) is 30.3 Å². The number of carbonyl (C=O) groups is 5. The van der Waals surface area contributed by atoms with Crippen molar-refractivity contribution in [1.82, 2.24) is 35.9 Å². The van der Waals surface area contributed by atoms with Gasteiger partial charge in [-0.3, -0.25) is 23.7 Å². The number of amides is 1. The molecule has 0 unspecified atom stereocenters. The number of aryl methyl sites for hydroxylation is 6. The number of carboxylic acid groups (broad SMARTS) is 1. The Bertz CT molecular complexity index is 2530. The van der Waals surface area contributed by atoms with Crippen molar-refractivity contribution >= 4 is 68.7 Å². The van der Waals surface area contributed by atoms with Gasteiger partial charge in [0.05, 0.1) is 32.9 Å². The lowest BCUT2D eigenvalue weighted by molar-refractivity contribution is -0.137. The SMILES string of the molecule is CC(=O)CN.CC(=O)CNC(=O)CCCOCc1ccccc1.Cc1nnc(CCC=O)o1.Cc1nnc(CCCO)o1.Cc1nnc(CCCOCc2ccccc2)o1.O=C(O)CCCOCc1ccccc1.O=P(Cl)(Cl)Cl. The number of aliphatic carboxylic acids is 1. The molecule has 3 heterocycles. The predicted molar refractivity (Wildman–Crippen MR) is 298 cm³/mol. The highest BCUT2D eigenvalue weighted by atomic mass is 36.0. The zero-order valence-electron chi connectivity index (χ0n) is 45.3. The highest BCUT2D eigenvalue weighted by molar-refractivity contribution is 8.24. The third-order valence-corrected chi connectivity index (χ3v) is 8.94. The summed E-state index contributed by atoms with van der Waals surface area (Å²) in [6, 6.07) is 29.9. The number of Topliss-reactive ketones (excluding diaryl/α,β-unsaturated/α-hetero) is 2. The van der Waals surface area contributed by atoms with Crippen LogP contribution in [0.5, 0.6) is 0 Å². The molecule has 0 spiro atoms. The van der Waals surface area contributed by atoms with Crippen molar-refractivity contribution in [2.75, 3.05) is 39.5 Å². The molecule has 5 N–H and O–H groups in total. The minimum Gasteiger partial charge on any atom is -0.481 e. The van der Waals surface area contributed by atoms with Gasteiger partial charge in [-0.2, -0.15) is 0 Å². The van der Waals surface area contributed by atoms with Gasteiger partial charge in [0.15, 0.2) is 0 Å². The molecule has 22 nitrogen and oxygen atoms in total. The third kappa shape index (κ3) is 49.9. The summed E-state index contributed by atoms with van der Waals surface area (Å²) in [7, 11) is 0. The molecule has 0 fully saturated rings. The molecule has 3 aromatic carbocycles. The van der Waals surface area contributed by atoms with Crippen molar-refractivity contribution in [1.29, 1.82) is 0 Å². The van der Waals surface area contributed by atoms with Crippen molar-refractivity contribution in [2.45, 2.75) is 119 Å². The fourth-order valence-corrected chi connectivity index (χ4v) is 5.32. The maximum Gasteiger partial charge on any atom is 0.339 e. The zero-order chi connectivity index (χ0) is 58.9. The van der Waals surface area contributed by atoms with E-state index in [1.54, 1.807) is 20.8 Å². The number of halogens is 3. The van der Waals surface area contributed by atoms with E-state index in [1.807, 2.05) is 78.9 Å². The first kappa shape index (κ1) is 72.9. The Labute approximate surface area is 475 Å². The Balaban J connectivity index is 0.000000935. The minimum atomic E-state index is -3.22. The molecule has 6 rings (SSSR count). The number of aromatic nitrogens is 6. The smallest absolute Gasteiger partial charge is 0.339 e. The first-order chi connectivity index (χ1) is 37.7. The Morgan fingerprint density at radius 2 is 0.949 bits per heavy atom. The molecule has 0 atom stereocenters. The van der Waals surface area contributed by atoms with Crippen LogP contribution in [0.15, 0.2) is 104 Å². The second kappa shape index (κ2) is 47.9. The molecular formula is C53H74Cl3N8O14P. The molecule has 0 aliphatic carbocycles. The minimum absolute atomic E-state index is 0.0324. The largest absolute Gasteiger partial charge is 0.481 e. The van der Waals surface area contributed by atoms with Crippen LogP contribution in [0.4, 0.5) is 0 Å². The monoisotopic (exact) mass is 1180 g/mol. The Morgan fingerprint density at radius 3 is 1.27 bits per heavy atom. The van der Waals surface area contributed by atoms with Crippen molar-refractivity contribution in [3.63, 3.8) is 0 Å². The van der Waals surface area contributed by atoms with Crippen molar-refractivity contribution < 1.29 is 66.2 Å². The number of nitrogens with one attached hydrogen (secondary N) is 1. The van der Waals surface area contributed by atoms with E-state index in [1.165, 1.54) is 19.4 Å². The van der Waals surface area contributed by atoms with Gasteiger partial charge in [0, 0.05) is 85.7 Å². The number of hydrogen-bond acceptors (Lipinski definition) is 20. The van der Waals surface area contributed by atoms with Gasteiger partial charge in [0.1, 0.15) is 17.9 Å². The standard InChI is InChI=1S/C14H19NO3.C13H16N2O2.C11H14O3.C6H10N2O2.C6H8N2O2.C3H7NO.Cl3OP/c1-12(16)10-15-14(17)8-5-9-18-11-13-6-3-2-4-7-13;1-11-14-15-13(17-11)8-5-9-16-10-12-6-3-2-4-7-12;12-11(13)7-4-8-14-9-10-5-2-1-3-6-10;2*1-5-7-8-6(10-5)3-2-4-9;1-3(5)2-4;1-5(2,3)4/h2-4,6-7H,5,8-11H2,1H3,(H,15,17);2-4,6-7H,5,8-10H2,1H3;1-3,5-6H,4,7-9H2,(H,12,13);9H,2-4H2,1H3;4H,2-3H2,1H3;2,4H2,1H3;. The lowest BCUT2D eigenvalue weighted by Crippen LogP contribution is -2.28. The zero-order valence-corrected chi connectivity index (χ0v) is 48.5. The number of aliphatic hydroxyl groups is 1. The fraction of sp³-hybridized carbons (Fsp3) is 0.453. The second-order valence-electron chi connectivity index (χ2n) is 16.3. The highest BCUT2D eigenvalue weighted by Gasteiger charge is 2.05. The number of carboxylic acids is 1. The van der Waals surface area contributed by atoms with Gasteiger partial charge in [-0.05, 0) is 89.9 Å². The molecule has 6 aromatic rings. The van der Waals surface area contributed by atoms with Crippen LogP contribution in [0, 0.1) is 20.8 Å². The summed E-state index contributed by atoms with van der Waals surface area (Å²) >= 11 is 13.8. The van der Waals surface area contributed by atoms with E-state index < -0.39 is 11.2 Å². The summed E-state index contributed by atoms with van der Waals surface area (Å²) in [5.41, 5.74) is 8.25. The van der Waals surface area contributed by atoms with E-state index in [9.17, 15) is 28.5 Å². The molecule has 0 saturated carbocycles. The highest BCUT2D eigenvalue weighted by Crippen LogP contribution is 2.61. The molecule has 1 amide bonds. The van der Waals surface area contributed by atoms with Crippen LogP contribution in [0.2, 0.25) is 0 Å². The number of carbonyl (C=O) groups excluding carboxylic acids is 4. The number of aldehydes is 1. The Morgan fingerprint density at radius 1 is 0.595 bits per heavy atom. The molecule has 79 heavy (non-hydrogen) atoms. The number of aliphatic hydroxyl groups excluding tert-OH is 1. The van der Waals surface area contributed by atoms with E-state index in [-0.39, 0.29) is 43.6 Å². The molecule has 436 valence electrons. The second-order valence-corrected chi connectivity index (χ2v) is 22.9. The van der Waals surface area contributed by atoms with Crippen molar-refractivity contribution in [2.24, 2.45) is 5.73 Å². The van der Waals surface area contributed by atoms with E-state index in [0.29, 0.717) is 120 Å². The lowest BCUT2D eigenvalue weighted by atomic mass is 10.2. The molecule has 0 bridgehead atoms. The first-order valence-corrected chi connectivity index (χ1v) is 29.3.